The van der Waals surface area contributed by atoms with Crippen LogP contribution in [0.15, 0.2) is 53.3 Å². The van der Waals surface area contributed by atoms with Crippen LogP contribution < -0.4 is 15.8 Å². The molecule has 1 saturated heterocycles. The second kappa shape index (κ2) is 7.46. The van der Waals surface area contributed by atoms with Crippen molar-refractivity contribution < 1.29 is 0 Å². The highest BCUT2D eigenvalue weighted by molar-refractivity contribution is 7.20. The zero-order chi connectivity index (χ0) is 19.8. The van der Waals surface area contributed by atoms with E-state index in [2.05, 4.69) is 56.5 Å². The molecule has 1 fully saturated rings. The van der Waals surface area contributed by atoms with Gasteiger partial charge in [-0.1, -0.05) is 35.6 Å². The van der Waals surface area contributed by atoms with Gasteiger partial charge >= 0.3 is 0 Å². The fourth-order valence-electron chi connectivity index (χ4n) is 3.59. The van der Waals surface area contributed by atoms with Gasteiger partial charge in [-0.15, -0.1) is 5.10 Å². The second-order valence-corrected chi connectivity index (χ2v) is 8.30. The Balaban J connectivity index is 1.31. The van der Waals surface area contributed by atoms with Crippen LogP contribution in [0.3, 0.4) is 0 Å². The van der Waals surface area contributed by atoms with Crippen molar-refractivity contribution in [2.45, 2.75) is 6.54 Å². The van der Waals surface area contributed by atoms with Crippen molar-refractivity contribution in [1.82, 2.24) is 19.5 Å². The Kier molecular flexibility index (Phi) is 4.65. The molecule has 1 aliphatic rings. The van der Waals surface area contributed by atoms with Gasteiger partial charge in [0.05, 0.1) is 10.9 Å². The van der Waals surface area contributed by atoms with Gasteiger partial charge in [0.1, 0.15) is 0 Å². The molecule has 0 unspecified atom stereocenters. The SMILES string of the molecule is CN1CCN(c2ccc(CNc3nn4c(=O)c5ccccc5nc4s3)cc2)CC1. The number of nitrogens with zero attached hydrogens (tertiary/aromatic N) is 5. The summed E-state index contributed by atoms with van der Waals surface area (Å²) in [7, 11) is 2.17. The zero-order valence-corrected chi connectivity index (χ0v) is 17.0. The van der Waals surface area contributed by atoms with Crippen molar-refractivity contribution in [3.63, 3.8) is 0 Å². The highest BCUT2D eigenvalue weighted by Crippen LogP contribution is 2.21. The molecule has 8 heteroatoms. The Labute approximate surface area is 172 Å². The lowest BCUT2D eigenvalue weighted by molar-refractivity contribution is 0.313. The first-order valence-corrected chi connectivity index (χ1v) is 10.5. The fourth-order valence-corrected chi connectivity index (χ4v) is 4.39. The molecule has 0 radical (unpaired) electrons. The normalized spacial score (nSPS) is 15.3. The van der Waals surface area contributed by atoms with E-state index in [1.54, 1.807) is 6.07 Å². The number of aromatic nitrogens is 3. The van der Waals surface area contributed by atoms with Crippen LogP contribution in [0.4, 0.5) is 10.8 Å². The van der Waals surface area contributed by atoms with Crippen molar-refractivity contribution in [2.75, 3.05) is 43.4 Å². The molecule has 5 rings (SSSR count). The molecular weight excluding hydrogens is 384 g/mol. The monoisotopic (exact) mass is 406 g/mol. The van der Waals surface area contributed by atoms with Crippen LogP contribution in [-0.4, -0.2) is 52.7 Å². The minimum atomic E-state index is -0.133. The average Bonchev–Trinajstić information content (AvgIpc) is 3.17. The van der Waals surface area contributed by atoms with Gasteiger partial charge in [-0.05, 0) is 36.9 Å². The molecule has 2 aromatic carbocycles. The molecule has 3 heterocycles. The molecule has 0 amide bonds. The number of hydrogen-bond acceptors (Lipinski definition) is 7. The lowest BCUT2D eigenvalue weighted by atomic mass is 10.2. The van der Waals surface area contributed by atoms with E-state index in [1.165, 1.54) is 27.1 Å². The number of hydrogen-bond donors (Lipinski definition) is 1. The molecule has 7 nitrogen and oxygen atoms in total. The minimum Gasteiger partial charge on any atom is -0.369 e. The Morgan fingerprint density at radius 3 is 2.59 bits per heavy atom. The van der Waals surface area contributed by atoms with Gasteiger partial charge in [0.2, 0.25) is 10.1 Å². The lowest BCUT2D eigenvalue weighted by Crippen LogP contribution is -2.44. The largest absolute Gasteiger partial charge is 0.369 e. The Morgan fingerprint density at radius 2 is 1.79 bits per heavy atom. The first kappa shape index (κ1) is 18.1. The highest BCUT2D eigenvalue weighted by Gasteiger charge is 2.14. The van der Waals surface area contributed by atoms with Crippen LogP contribution in [0.25, 0.3) is 15.9 Å². The number of nitrogens with one attached hydrogen (secondary N) is 1. The molecule has 2 aromatic heterocycles. The van der Waals surface area contributed by atoms with Crippen LogP contribution in [0.1, 0.15) is 5.56 Å². The summed E-state index contributed by atoms with van der Waals surface area (Å²) in [6, 6.07) is 16.0. The number of rotatable bonds is 4. The number of benzene rings is 2. The van der Waals surface area contributed by atoms with Crippen molar-refractivity contribution in [2.24, 2.45) is 0 Å². The van der Waals surface area contributed by atoms with Gasteiger partial charge in [0.15, 0.2) is 0 Å². The summed E-state index contributed by atoms with van der Waals surface area (Å²) in [5.74, 6) is 0. The summed E-state index contributed by atoms with van der Waals surface area (Å²) in [6.07, 6.45) is 0. The predicted molar refractivity (Wildman–Crippen MR) is 118 cm³/mol. The van der Waals surface area contributed by atoms with Gasteiger partial charge in [0, 0.05) is 38.4 Å². The molecule has 0 spiro atoms. The summed E-state index contributed by atoms with van der Waals surface area (Å²) < 4.78 is 1.38. The predicted octanol–water partition coefficient (Wildman–Crippen LogP) is 2.67. The second-order valence-electron chi connectivity index (χ2n) is 7.35. The van der Waals surface area contributed by atoms with Gasteiger partial charge in [-0.25, -0.2) is 4.98 Å². The summed E-state index contributed by atoms with van der Waals surface area (Å²) >= 11 is 1.39. The van der Waals surface area contributed by atoms with Crippen LogP contribution in [-0.2, 0) is 6.54 Å². The van der Waals surface area contributed by atoms with E-state index < -0.39 is 0 Å². The van der Waals surface area contributed by atoms with E-state index in [4.69, 9.17) is 0 Å². The van der Waals surface area contributed by atoms with Crippen molar-refractivity contribution in [1.29, 1.82) is 0 Å². The third kappa shape index (κ3) is 3.56. The molecule has 148 valence electrons. The average molecular weight is 407 g/mol. The van der Waals surface area contributed by atoms with Crippen LogP contribution in [0.2, 0.25) is 0 Å². The van der Waals surface area contributed by atoms with Crippen LogP contribution >= 0.6 is 11.3 Å². The standard InChI is InChI=1S/C21H22N6OS/c1-25-10-12-26(13-11-25)16-8-6-15(7-9-16)14-22-20-24-27-19(28)17-4-2-3-5-18(17)23-21(27)29-20/h2-9H,10-14H2,1H3,(H,22,24). The van der Waals surface area contributed by atoms with Crippen molar-refractivity contribution in [3.05, 3.63) is 64.4 Å². The molecule has 0 saturated carbocycles. The summed E-state index contributed by atoms with van der Waals surface area (Å²) in [5.41, 5.74) is 3.01. The van der Waals surface area contributed by atoms with Gasteiger partial charge in [0.25, 0.3) is 5.56 Å². The van der Waals surface area contributed by atoms with E-state index in [0.29, 0.717) is 27.5 Å². The Morgan fingerprint density at radius 1 is 1.03 bits per heavy atom. The van der Waals surface area contributed by atoms with E-state index in [0.717, 1.165) is 26.2 Å². The third-order valence-electron chi connectivity index (χ3n) is 5.35. The molecule has 4 aromatic rings. The molecule has 29 heavy (non-hydrogen) atoms. The molecule has 1 N–H and O–H groups in total. The third-order valence-corrected chi connectivity index (χ3v) is 6.22. The molecule has 0 aliphatic carbocycles. The van der Waals surface area contributed by atoms with Gasteiger partial charge < -0.3 is 15.1 Å². The maximum atomic E-state index is 12.6. The van der Waals surface area contributed by atoms with Crippen LogP contribution in [0, 0.1) is 0 Å². The lowest BCUT2D eigenvalue weighted by Gasteiger charge is -2.34. The van der Waals surface area contributed by atoms with Crippen LogP contribution in [0.5, 0.6) is 0 Å². The molecule has 1 aliphatic heterocycles. The number of para-hydroxylation sites is 1. The van der Waals surface area contributed by atoms with E-state index in [-0.39, 0.29) is 5.56 Å². The van der Waals surface area contributed by atoms with Gasteiger partial charge in [-0.2, -0.15) is 4.52 Å². The molecule has 0 atom stereocenters. The van der Waals surface area contributed by atoms with E-state index >= 15 is 0 Å². The van der Waals surface area contributed by atoms with Crippen molar-refractivity contribution in [3.8, 4) is 0 Å². The number of fused-ring (bicyclic) bond motifs is 2. The zero-order valence-electron chi connectivity index (χ0n) is 16.2. The highest BCUT2D eigenvalue weighted by atomic mass is 32.1. The van der Waals surface area contributed by atoms with Crippen molar-refractivity contribution >= 4 is 38.0 Å². The first-order chi connectivity index (χ1) is 14.2. The minimum absolute atomic E-state index is 0.133. The summed E-state index contributed by atoms with van der Waals surface area (Å²) in [5, 5.41) is 9.01. The van der Waals surface area contributed by atoms with Gasteiger partial charge in [-0.3, -0.25) is 4.79 Å². The number of anilines is 2. The first-order valence-electron chi connectivity index (χ1n) is 9.72. The topological polar surface area (TPSA) is 65.8 Å². The van der Waals surface area contributed by atoms with E-state index in [1.807, 2.05) is 18.2 Å². The quantitative estimate of drug-likeness (QED) is 0.562. The number of piperazine rings is 1. The molecule has 0 bridgehead atoms. The fraction of sp³-hybridized carbons (Fsp3) is 0.286. The summed E-state index contributed by atoms with van der Waals surface area (Å²) in [6.45, 7) is 4.98. The molecular formula is C21H22N6OS. The maximum Gasteiger partial charge on any atom is 0.283 e. The Bertz CT molecular complexity index is 1210. The smallest absolute Gasteiger partial charge is 0.283 e. The van der Waals surface area contributed by atoms with E-state index in [9.17, 15) is 4.79 Å². The summed E-state index contributed by atoms with van der Waals surface area (Å²) in [4.78, 5) is 22.5. The Hall–Kier alpha value is -2.97. The maximum absolute atomic E-state index is 12.6. The number of likely N-dealkylation sites (N-methyl/N-ethyl adjacent to an activating group) is 1.